The third-order valence-corrected chi connectivity index (χ3v) is 4.86. The van der Waals surface area contributed by atoms with E-state index in [1.807, 2.05) is 20.2 Å². The molecule has 0 radical (unpaired) electrons. The molecule has 0 saturated carbocycles. The van der Waals surface area contributed by atoms with Gasteiger partial charge in [-0.05, 0) is 26.9 Å². The minimum absolute atomic E-state index is 0.315. The average molecular weight is 370 g/mol. The summed E-state index contributed by atoms with van der Waals surface area (Å²) in [4.78, 5) is 1.72. The Bertz CT molecular complexity index is 246. The van der Waals surface area contributed by atoms with Crippen molar-refractivity contribution in [2.24, 2.45) is 11.5 Å². The first-order valence-electron chi connectivity index (χ1n) is 11.3. The van der Waals surface area contributed by atoms with Crippen molar-refractivity contribution in [1.82, 2.24) is 4.90 Å². The number of rotatable bonds is 18. The van der Waals surface area contributed by atoms with Crippen LogP contribution in [0.25, 0.3) is 0 Å². The smallest absolute Gasteiger partial charge is 0.108 e. The molecular weight excluding hydrogens is 318 g/mol. The Morgan fingerprint density at radius 3 is 1.15 bits per heavy atom. The molecule has 0 rings (SSSR count). The number of unbranched alkanes of at least 4 members (excludes halogenated alkanes) is 16. The van der Waals surface area contributed by atoms with Crippen LogP contribution in [0.4, 0.5) is 0 Å². The average Bonchev–Trinajstić information content (AvgIpc) is 2.62. The van der Waals surface area contributed by atoms with Crippen molar-refractivity contribution in [3.8, 4) is 0 Å². The van der Waals surface area contributed by atoms with Crippen molar-refractivity contribution in [1.29, 1.82) is 0 Å². The molecule has 0 aromatic heterocycles. The molecule has 0 fully saturated rings. The zero-order valence-electron chi connectivity index (χ0n) is 18.5. The molecule has 26 heavy (non-hydrogen) atoms. The number of nitrogens with zero attached hydrogens (tertiary/aromatic N) is 1. The molecule has 158 valence electrons. The topological polar surface area (TPSA) is 55.3 Å². The van der Waals surface area contributed by atoms with Gasteiger partial charge >= 0.3 is 0 Å². The van der Waals surface area contributed by atoms with E-state index in [1.54, 1.807) is 4.90 Å². The summed E-state index contributed by atoms with van der Waals surface area (Å²) in [5.41, 5.74) is 10.3. The van der Waals surface area contributed by atoms with Crippen LogP contribution in [0.5, 0.6) is 0 Å². The van der Waals surface area contributed by atoms with E-state index in [-0.39, 0.29) is 6.29 Å². The van der Waals surface area contributed by atoms with E-state index in [4.69, 9.17) is 11.5 Å². The monoisotopic (exact) mass is 369 g/mol. The predicted octanol–water partition coefficient (Wildman–Crippen LogP) is 6.57. The van der Waals surface area contributed by atoms with Gasteiger partial charge in [0, 0.05) is 0 Å². The minimum atomic E-state index is -0.315. The van der Waals surface area contributed by atoms with E-state index in [0.717, 1.165) is 0 Å². The molecule has 0 atom stereocenters. The third-order valence-electron chi connectivity index (χ3n) is 4.86. The van der Waals surface area contributed by atoms with Gasteiger partial charge in [0.1, 0.15) is 6.29 Å². The Labute approximate surface area is 166 Å². The molecule has 0 spiro atoms. The maximum atomic E-state index is 5.14. The Hall–Kier alpha value is -0.380. The number of allylic oxidation sites excluding steroid dienone is 1. The zero-order chi connectivity index (χ0) is 19.9. The van der Waals surface area contributed by atoms with E-state index in [2.05, 4.69) is 13.5 Å². The molecule has 0 aliphatic rings. The highest BCUT2D eigenvalue weighted by Gasteiger charge is 1.94. The van der Waals surface area contributed by atoms with E-state index in [1.165, 1.54) is 109 Å². The standard InChI is InChI=1S/C20H40.C3H11N3/c1-3-5-7-9-11-13-15-17-19-20-18-16-14-12-10-8-6-4-2;1-6(2)3(4)5/h3H,1,4-20H2,2H3;3H,4-5H2,1-2H3. The molecule has 0 aliphatic heterocycles. The summed E-state index contributed by atoms with van der Waals surface area (Å²) in [5, 5.41) is 0. The number of nitrogens with two attached hydrogens (primary N) is 2. The van der Waals surface area contributed by atoms with Gasteiger partial charge in [0.2, 0.25) is 0 Å². The number of hydrogen-bond acceptors (Lipinski definition) is 3. The summed E-state index contributed by atoms with van der Waals surface area (Å²) in [6.07, 6.45) is 26.1. The molecule has 3 heteroatoms. The number of hydrogen-bond donors (Lipinski definition) is 2. The first kappa shape index (κ1) is 27.8. The van der Waals surface area contributed by atoms with Crippen LogP contribution < -0.4 is 11.5 Å². The van der Waals surface area contributed by atoms with Gasteiger partial charge < -0.3 is 11.5 Å². The van der Waals surface area contributed by atoms with Crippen LogP contribution in [0, 0.1) is 0 Å². The van der Waals surface area contributed by atoms with Crippen molar-refractivity contribution < 1.29 is 0 Å². The van der Waals surface area contributed by atoms with Gasteiger partial charge in [-0.1, -0.05) is 109 Å². The van der Waals surface area contributed by atoms with E-state index >= 15 is 0 Å². The molecule has 0 heterocycles. The lowest BCUT2D eigenvalue weighted by Gasteiger charge is -2.12. The lowest BCUT2D eigenvalue weighted by atomic mass is 10.0. The maximum absolute atomic E-state index is 5.14. The summed E-state index contributed by atoms with van der Waals surface area (Å²) >= 11 is 0. The third kappa shape index (κ3) is 28.4. The lowest BCUT2D eigenvalue weighted by molar-refractivity contribution is 0.308. The SMILES string of the molecule is C=CCCCCCCCCCCCCCCCCCC.CN(C)C(N)N. The van der Waals surface area contributed by atoms with Gasteiger partial charge in [-0.15, -0.1) is 6.58 Å². The Morgan fingerprint density at radius 2 is 0.923 bits per heavy atom. The van der Waals surface area contributed by atoms with Crippen LogP contribution in [0.2, 0.25) is 0 Å². The van der Waals surface area contributed by atoms with E-state index < -0.39 is 0 Å². The fourth-order valence-corrected chi connectivity index (χ4v) is 2.84. The molecule has 0 unspecified atom stereocenters. The van der Waals surface area contributed by atoms with E-state index in [0.29, 0.717) is 0 Å². The Morgan fingerprint density at radius 1 is 0.654 bits per heavy atom. The summed E-state index contributed by atoms with van der Waals surface area (Å²) in [6.45, 7) is 6.06. The van der Waals surface area contributed by atoms with Gasteiger partial charge in [0.05, 0.1) is 0 Å². The highest BCUT2D eigenvalue weighted by atomic mass is 15.2. The second-order valence-corrected chi connectivity index (χ2v) is 7.83. The van der Waals surface area contributed by atoms with Crippen LogP contribution >= 0.6 is 0 Å². The second-order valence-electron chi connectivity index (χ2n) is 7.83. The Kier molecular flexibility index (Phi) is 26.4. The molecule has 0 aliphatic carbocycles. The van der Waals surface area contributed by atoms with Crippen LogP contribution in [0.3, 0.4) is 0 Å². The minimum Gasteiger partial charge on any atom is -0.304 e. The zero-order valence-corrected chi connectivity index (χ0v) is 18.5. The largest absolute Gasteiger partial charge is 0.304 e. The van der Waals surface area contributed by atoms with Gasteiger partial charge in [-0.3, -0.25) is 4.90 Å². The molecular formula is C23H51N3. The molecule has 0 bridgehead atoms. The fourth-order valence-electron chi connectivity index (χ4n) is 2.84. The van der Waals surface area contributed by atoms with E-state index in [9.17, 15) is 0 Å². The summed E-state index contributed by atoms with van der Waals surface area (Å²) in [6, 6.07) is 0. The van der Waals surface area contributed by atoms with Gasteiger partial charge in [0.15, 0.2) is 0 Å². The quantitative estimate of drug-likeness (QED) is 0.163. The van der Waals surface area contributed by atoms with Gasteiger partial charge in [0.25, 0.3) is 0 Å². The highest BCUT2D eigenvalue weighted by Crippen LogP contribution is 2.13. The molecule has 0 aromatic rings. The molecule has 0 saturated heterocycles. The van der Waals surface area contributed by atoms with Crippen LogP contribution in [0.1, 0.15) is 116 Å². The van der Waals surface area contributed by atoms with Crippen LogP contribution in [-0.4, -0.2) is 25.3 Å². The van der Waals surface area contributed by atoms with Crippen molar-refractivity contribution in [3.63, 3.8) is 0 Å². The van der Waals surface area contributed by atoms with Gasteiger partial charge in [-0.2, -0.15) is 0 Å². The molecule has 4 N–H and O–H groups in total. The van der Waals surface area contributed by atoms with Crippen molar-refractivity contribution in [2.75, 3.05) is 14.1 Å². The summed E-state index contributed by atoms with van der Waals surface area (Å²) in [7, 11) is 3.65. The normalized spacial score (nSPS) is 10.9. The summed E-state index contributed by atoms with van der Waals surface area (Å²) < 4.78 is 0. The highest BCUT2D eigenvalue weighted by molar-refractivity contribution is 4.65. The van der Waals surface area contributed by atoms with Crippen molar-refractivity contribution >= 4 is 0 Å². The fraction of sp³-hybridized carbons (Fsp3) is 0.913. The van der Waals surface area contributed by atoms with Crippen molar-refractivity contribution in [2.45, 2.75) is 122 Å². The molecule has 3 nitrogen and oxygen atoms in total. The first-order chi connectivity index (χ1) is 12.6. The summed E-state index contributed by atoms with van der Waals surface area (Å²) in [5.74, 6) is 0. The first-order valence-corrected chi connectivity index (χ1v) is 11.3. The van der Waals surface area contributed by atoms with Crippen LogP contribution in [0.15, 0.2) is 12.7 Å². The van der Waals surface area contributed by atoms with Crippen LogP contribution in [-0.2, 0) is 0 Å². The predicted molar refractivity (Wildman–Crippen MR) is 120 cm³/mol. The Balaban J connectivity index is 0. The lowest BCUT2D eigenvalue weighted by Crippen LogP contribution is -2.43. The van der Waals surface area contributed by atoms with Gasteiger partial charge in [-0.25, -0.2) is 0 Å². The molecule has 0 aromatic carbocycles. The van der Waals surface area contributed by atoms with Crippen molar-refractivity contribution in [3.05, 3.63) is 12.7 Å². The second kappa shape index (κ2) is 24.6. The maximum Gasteiger partial charge on any atom is 0.108 e. The molecule has 0 amide bonds.